The van der Waals surface area contributed by atoms with Gasteiger partial charge < -0.3 is 10.2 Å². The molecule has 1 saturated heterocycles. The molecule has 2 nitrogen and oxygen atoms in total. The zero-order valence-electron chi connectivity index (χ0n) is 8.63. The summed E-state index contributed by atoms with van der Waals surface area (Å²) in [6.07, 6.45) is 0. The zero-order chi connectivity index (χ0) is 10.8. The van der Waals surface area contributed by atoms with Gasteiger partial charge in [-0.05, 0) is 25.1 Å². The number of hydrogen-bond donors (Lipinski definition) is 1. The minimum absolute atomic E-state index is 0.236. The molecule has 1 aromatic rings. The van der Waals surface area contributed by atoms with Gasteiger partial charge in [0.1, 0.15) is 5.82 Å². The molecule has 2 rings (SSSR count). The highest BCUT2D eigenvalue weighted by molar-refractivity contribution is 6.33. The molecule has 0 radical (unpaired) electrons. The zero-order valence-corrected chi connectivity index (χ0v) is 9.39. The van der Waals surface area contributed by atoms with E-state index in [2.05, 4.69) is 17.1 Å². The van der Waals surface area contributed by atoms with E-state index in [1.54, 1.807) is 6.07 Å². The van der Waals surface area contributed by atoms with E-state index in [1.165, 1.54) is 12.1 Å². The predicted octanol–water partition coefficient (Wildman–Crippen LogP) is 2.28. The van der Waals surface area contributed by atoms with Crippen LogP contribution in [0.5, 0.6) is 0 Å². The fourth-order valence-electron chi connectivity index (χ4n) is 1.90. The van der Waals surface area contributed by atoms with E-state index in [1.807, 2.05) is 0 Å². The Kier molecular flexibility index (Phi) is 3.12. The molecule has 0 saturated carbocycles. The molecular formula is C11H14ClFN2. The second-order valence-corrected chi connectivity index (χ2v) is 4.25. The summed E-state index contributed by atoms with van der Waals surface area (Å²) in [4.78, 5) is 2.14. The maximum Gasteiger partial charge on any atom is 0.125 e. The van der Waals surface area contributed by atoms with Crippen LogP contribution in [0.4, 0.5) is 10.1 Å². The normalized spacial score (nSPS) is 21.8. The number of anilines is 1. The Morgan fingerprint density at radius 3 is 3.07 bits per heavy atom. The lowest BCUT2D eigenvalue weighted by molar-refractivity contribution is 0.499. The van der Waals surface area contributed by atoms with Crippen LogP contribution in [0, 0.1) is 5.82 Å². The summed E-state index contributed by atoms with van der Waals surface area (Å²) in [5.74, 6) is -0.236. The molecule has 1 atom stereocenters. The van der Waals surface area contributed by atoms with E-state index in [-0.39, 0.29) is 5.82 Å². The van der Waals surface area contributed by atoms with Crippen molar-refractivity contribution in [3.63, 3.8) is 0 Å². The van der Waals surface area contributed by atoms with E-state index >= 15 is 0 Å². The Labute approximate surface area is 94.0 Å². The minimum atomic E-state index is -0.236. The van der Waals surface area contributed by atoms with Gasteiger partial charge in [-0.3, -0.25) is 0 Å². The second-order valence-electron chi connectivity index (χ2n) is 3.84. The average molecular weight is 229 g/mol. The molecule has 1 aliphatic heterocycles. The van der Waals surface area contributed by atoms with Crippen LogP contribution < -0.4 is 10.2 Å². The van der Waals surface area contributed by atoms with Crippen LogP contribution >= 0.6 is 11.6 Å². The molecule has 0 aromatic heterocycles. The van der Waals surface area contributed by atoms with Gasteiger partial charge in [0.05, 0.1) is 10.7 Å². The molecule has 1 fully saturated rings. The number of nitrogens with zero attached hydrogens (tertiary/aromatic N) is 1. The van der Waals surface area contributed by atoms with Crippen LogP contribution in [-0.4, -0.2) is 25.7 Å². The van der Waals surface area contributed by atoms with E-state index in [4.69, 9.17) is 11.6 Å². The molecule has 1 N–H and O–H groups in total. The van der Waals surface area contributed by atoms with Crippen LogP contribution in [0.25, 0.3) is 0 Å². The number of nitrogens with one attached hydrogen (secondary N) is 1. The first-order valence-corrected chi connectivity index (χ1v) is 5.48. The Morgan fingerprint density at radius 2 is 2.33 bits per heavy atom. The van der Waals surface area contributed by atoms with Crippen LogP contribution in [0.3, 0.4) is 0 Å². The van der Waals surface area contributed by atoms with Crippen molar-refractivity contribution in [1.82, 2.24) is 5.32 Å². The number of piperazine rings is 1. The first-order chi connectivity index (χ1) is 7.18. The first kappa shape index (κ1) is 10.7. The molecular weight excluding hydrogens is 215 g/mol. The lowest BCUT2D eigenvalue weighted by Crippen LogP contribution is -2.50. The van der Waals surface area contributed by atoms with Crippen molar-refractivity contribution in [3.05, 3.63) is 29.0 Å². The first-order valence-electron chi connectivity index (χ1n) is 5.11. The molecule has 1 heterocycles. The smallest absolute Gasteiger partial charge is 0.125 e. The standard InChI is InChI=1S/C11H14ClFN2/c1-8-7-14-4-5-15(8)11-6-9(13)2-3-10(11)12/h2-3,6,8,14H,4-5,7H2,1H3/t8-/m0/s1. The summed E-state index contributed by atoms with van der Waals surface area (Å²) in [7, 11) is 0. The van der Waals surface area contributed by atoms with E-state index in [9.17, 15) is 4.39 Å². The molecule has 1 aliphatic rings. The fraction of sp³-hybridized carbons (Fsp3) is 0.455. The van der Waals surface area contributed by atoms with Gasteiger partial charge in [-0.2, -0.15) is 0 Å². The minimum Gasteiger partial charge on any atom is -0.365 e. The quantitative estimate of drug-likeness (QED) is 0.794. The third-order valence-electron chi connectivity index (χ3n) is 2.72. The van der Waals surface area contributed by atoms with Crippen molar-refractivity contribution in [2.75, 3.05) is 24.5 Å². The van der Waals surface area contributed by atoms with Gasteiger partial charge in [0.2, 0.25) is 0 Å². The van der Waals surface area contributed by atoms with Crippen molar-refractivity contribution < 1.29 is 4.39 Å². The van der Waals surface area contributed by atoms with Gasteiger partial charge >= 0.3 is 0 Å². The van der Waals surface area contributed by atoms with Crippen molar-refractivity contribution in [1.29, 1.82) is 0 Å². The molecule has 82 valence electrons. The highest BCUT2D eigenvalue weighted by atomic mass is 35.5. The third kappa shape index (κ3) is 2.24. The average Bonchev–Trinajstić information content (AvgIpc) is 2.23. The Balaban J connectivity index is 2.30. The summed E-state index contributed by atoms with van der Waals surface area (Å²) in [5, 5.41) is 3.91. The monoisotopic (exact) mass is 228 g/mol. The molecule has 4 heteroatoms. The van der Waals surface area contributed by atoms with Gasteiger partial charge in [-0.25, -0.2) is 4.39 Å². The van der Waals surface area contributed by atoms with Gasteiger partial charge in [-0.15, -0.1) is 0 Å². The fourth-order valence-corrected chi connectivity index (χ4v) is 2.13. The third-order valence-corrected chi connectivity index (χ3v) is 3.04. The van der Waals surface area contributed by atoms with Crippen molar-refractivity contribution in [2.24, 2.45) is 0 Å². The van der Waals surface area contributed by atoms with E-state index < -0.39 is 0 Å². The van der Waals surface area contributed by atoms with Gasteiger partial charge in [0.25, 0.3) is 0 Å². The van der Waals surface area contributed by atoms with Crippen molar-refractivity contribution in [2.45, 2.75) is 13.0 Å². The summed E-state index contributed by atoms with van der Waals surface area (Å²) in [6, 6.07) is 4.85. The number of hydrogen-bond acceptors (Lipinski definition) is 2. The molecule has 0 spiro atoms. The summed E-state index contributed by atoms with van der Waals surface area (Å²) >= 11 is 6.07. The molecule has 0 amide bonds. The van der Waals surface area contributed by atoms with Crippen LogP contribution in [0.2, 0.25) is 5.02 Å². The van der Waals surface area contributed by atoms with Crippen LogP contribution in [0.15, 0.2) is 18.2 Å². The number of halogens is 2. The maximum absolute atomic E-state index is 13.1. The van der Waals surface area contributed by atoms with Gasteiger partial charge in [0, 0.05) is 25.7 Å². The molecule has 0 unspecified atom stereocenters. The molecule has 0 aliphatic carbocycles. The Hall–Kier alpha value is -0.800. The van der Waals surface area contributed by atoms with Crippen LogP contribution in [-0.2, 0) is 0 Å². The Morgan fingerprint density at radius 1 is 1.53 bits per heavy atom. The lowest BCUT2D eigenvalue weighted by atomic mass is 10.2. The van der Waals surface area contributed by atoms with E-state index in [0.717, 1.165) is 25.3 Å². The molecule has 0 bridgehead atoms. The molecule has 1 aromatic carbocycles. The summed E-state index contributed by atoms with van der Waals surface area (Å²) in [6.45, 7) is 4.79. The van der Waals surface area contributed by atoms with Crippen LogP contribution in [0.1, 0.15) is 6.92 Å². The number of rotatable bonds is 1. The van der Waals surface area contributed by atoms with Gasteiger partial charge in [-0.1, -0.05) is 11.6 Å². The second kappa shape index (κ2) is 4.37. The Bertz CT molecular complexity index is 356. The number of benzene rings is 1. The lowest BCUT2D eigenvalue weighted by Gasteiger charge is -2.36. The SMILES string of the molecule is C[C@H]1CNCCN1c1cc(F)ccc1Cl. The summed E-state index contributed by atoms with van der Waals surface area (Å²) < 4.78 is 13.1. The highest BCUT2D eigenvalue weighted by Crippen LogP contribution is 2.28. The van der Waals surface area contributed by atoms with Crippen molar-refractivity contribution >= 4 is 17.3 Å². The van der Waals surface area contributed by atoms with Gasteiger partial charge in [0.15, 0.2) is 0 Å². The highest BCUT2D eigenvalue weighted by Gasteiger charge is 2.20. The van der Waals surface area contributed by atoms with Crippen molar-refractivity contribution in [3.8, 4) is 0 Å². The summed E-state index contributed by atoms with van der Waals surface area (Å²) in [5.41, 5.74) is 0.797. The maximum atomic E-state index is 13.1. The topological polar surface area (TPSA) is 15.3 Å². The largest absolute Gasteiger partial charge is 0.365 e. The molecule has 15 heavy (non-hydrogen) atoms. The predicted molar refractivity (Wildman–Crippen MR) is 61.1 cm³/mol. The van der Waals surface area contributed by atoms with E-state index in [0.29, 0.717) is 11.1 Å².